The Kier molecular flexibility index (Phi) is 4.03. The summed E-state index contributed by atoms with van der Waals surface area (Å²) in [6, 6.07) is 10.2. The summed E-state index contributed by atoms with van der Waals surface area (Å²) in [6.07, 6.45) is 2.85. The molecule has 0 atom stereocenters. The fraction of sp³-hybridized carbons (Fsp3) is 0.250. The number of aryl methyl sites for hydroxylation is 1. The molecular formula is C16H17BrN4. The summed E-state index contributed by atoms with van der Waals surface area (Å²) in [5.74, 6) is 0.911. The van der Waals surface area contributed by atoms with E-state index in [-0.39, 0.29) is 0 Å². The smallest absolute Gasteiger partial charge is 0.159 e. The highest BCUT2D eigenvalue weighted by Gasteiger charge is 2.13. The second-order valence-corrected chi connectivity index (χ2v) is 5.89. The van der Waals surface area contributed by atoms with Gasteiger partial charge in [0.05, 0.1) is 11.0 Å². The molecule has 2 N–H and O–H groups in total. The normalized spacial score (nSPS) is 11.2. The Morgan fingerprint density at radius 1 is 1.24 bits per heavy atom. The molecule has 108 valence electrons. The van der Waals surface area contributed by atoms with Crippen LogP contribution in [-0.2, 0) is 13.1 Å². The highest BCUT2D eigenvalue weighted by atomic mass is 79.9. The van der Waals surface area contributed by atoms with Gasteiger partial charge in [-0.2, -0.15) is 0 Å². The number of benzene rings is 1. The van der Waals surface area contributed by atoms with E-state index in [1.807, 2.05) is 12.1 Å². The van der Waals surface area contributed by atoms with Crippen molar-refractivity contribution < 1.29 is 0 Å². The molecule has 3 aromatic rings. The van der Waals surface area contributed by atoms with Gasteiger partial charge in [-0.05, 0) is 52.2 Å². The molecule has 3 rings (SSSR count). The first-order chi connectivity index (χ1) is 10.2. The molecule has 0 aliphatic carbocycles. The SMILES string of the molecule is CCCn1c(-c2ccc(Br)cn2)nc2cc(CN)ccc21. The minimum atomic E-state index is 0.530. The predicted octanol–water partition coefficient (Wildman–Crippen LogP) is 3.73. The molecule has 0 radical (unpaired) electrons. The molecule has 0 unspecified atom stereocenters. The van der Waals surface area contributed by atoms with Crippen molar-refractivity contribution >= 4 is 27.0 Å². The lowest BCUT2D eigenvalue weighted by Crippen LogP contribution is -2.01. The Bertz CT molecular complexity index is 762. The maximum Gasteiger partial charge on any atom is 0.159 e. The lowest BCUT2D eigenvalue weighted by Gasteiger charge is -2.07. The van der Waals surface area contributed by atoms with E-state index in [0.717, 1.165) is 45.6 Å². The van der Waals surface area contributed by atoms with Crippen molar-refractivity contribution in [1.82, 2.24) is 14.5 Å². The number of imidazole rings is 1. The van der Waals surface area contributed by atoms with Crippen molar-refractivity contribution in [2.24, 2.45) is 5.73 Å². The zero-order chi connectivity index (χ0) is 14.8. The Morgan fingerprint density at radius 3 is 2.76 bits per heavy atom. The van der Waals surface area contributed by atoms with Crippen LogP contribution in [0.25, 0.3) is 22.6 Å². The van der Waals surface area contributed by atoms with Gasteiger partial charge in [-0.15, -0.1) is 0 Å². The average Bonchev–Trinajstić information content (AvgIpc) is 2.86. The number of fused-ring (bicyclic) bond motifs is 1. The van der Waals surface area contributed by atoms with Crippen molar-refractivity contribution in [1.29, 1.82) is 0 Å². The number of hydrogen-bond donors (Lipinski definition) is 1. The minimum absolute atomic E-state index is 0.530. The summed E-state index contributed by atoms with van der Waals surface area (Å²) >= 11 is 3.42. The van der Waals surface area contributed by atoms with Crippen molar-refractivity contribution in [3.63, 3.8) is 0 Å². The quantitative estimate of drug-likeness (QED) is 0.784. The Labute approximate surface area is 132 Å². The van der Waals surface area contributed by atoms with Crippen LogP contribution in [0.2, 0.25) is 0 Å². The van der Waals surface area contributed by atoms with Crippen LogP contribution in [0.3, 0.4) is 0 Å². The summed E-state index contributed by atoms with van der Waals surface area (Å²) in [5.41, 5.74) is 9.81. The molecule has 0 saturated carbocycles. The van der Waals surface area contributed by atoms with E-state index in [9.17, 15) is 0 Å². The molecule has 0 aliphatic heterocycles. The van der Waals surface area contributed by atoms with Gasteiger partial charge in [0.1, 0.15) is 5.69 Å². The monoisotopic (exact) mass is 344 g/mol. The standard InChI is InChI=1S/C16H17BrN4/c1-2-7-21-15-6-3-11(9-18)8-14(15)20-16(21)13-5-4-12(17)10-19-13/h3-6,8,10H,2,7,9,18H2,1H3. The maximum atomic E-state index is 5.72. The Balaban J connectivity index is 2.20. The van der Waals surface area contributed by atoms with E-state index in [1.54, 1.807) is 6.20 Å². The second-order valence-electron chi connectivity index (χ2n) is 4.98. The maximum absolute atomic E-state index is 5.72. The fourth-order valence-corrected chi connectivity index (χ4v) is 2.69. The van der Waals surface area contributed by atoms with Gasteiger partial charge in [-0.1, -0.05) is 13.0 Å². The van der Waals surface area contributed by atoms with Crippen molar-refractivity contribution in [3.05, 3.63) is 46.6 Å². The van der Waals surface area contributed by atoms with Crippen molar-refractivity contribution in [3.8, 4) is 11.5 Å². The number of aromatic nitrogens is 3. The second kappa shape index (κ2) is 5.95. The van der Waals surface area contributed by atoms with Crippen LogP contribution in [0.1, 0.15) is 18.9 Å². The number of pyridine rings is 1. The molecule has 0 fully saturated rings. The Hall–Kier alpha value is -1.72. The molecule has 0 saturated heterocycles. The molecular weight excluding hydrogens is 328 g/mol. The van der Waals surface area contributed by atoms with Gasteiger partial charge in [-0.3, -0.25) is 4.98 Å². The van der Waals surface area contributed by atoms with Gasteiger partial charge in [0.25, 0.3) is 0 Å². The van der Waals surface area contributed by atoms with Crippen LogP contribution in [0.5, 0.6) is 0 Å². The van der Waals surface area contributed by atoms with Gasteiger partial charge in [0.2, 0.25) is 0 Å². The van der Waals surface area contributed by atoms with Gasteiger partial charge < -0.3 is 10.3 Å². The molecule has 0 aliphatic rings. The molecule has 4 nitrogen and oxygen atoms in total. The first kappa shape index (κ1) is 14.2. The van der Waals surface area contributed by atoms with Gasteiger partial charge in [0, 0.05) is 23.8 Å². The Morgan fingerprint density at radius 2 is 2.10 bits per heavy atom. The van der Waals surface area contributed by atoms with Crippen LogP contribution < -0.4 is 5.73 Å². The molecule has 2 heterocycles. The first-order valence-electron chi connectivity index (χ1n) is 7.04. The van der Waals surface area contributed by atoms with Gasteiger partial charge in [-0.25, -0.2) is 4.98 Å². The largest absolute Gasteiger partial charge is 0.326 e. The lowest BCUT2D eigenvalue weighted by atomic mass is 10.2. The van der Waals surface area contributed by atoms with Gasteiger partial charge in [0.15, 0.2) is 5.82 Å². The van der Waals surface area contributed by atoms with Crippen LogP contribution in [-0.4, -0.2) is 14.5 Å². The number of nitrogens with zero attached hydrogens (tertiary/aromatic N) is 3. The number of halogens is 1. The van der Waals surface area contributed by atoms with E-state index >= 15 is 0 Å². The summed E-state index contributed by atoms with van der Waals surface area (Å²) < 4.78 is 3.20. The van der Waals surface area contributed by atoms with Crippen molar-refractivity contribution in [2.75, 3.05) is 0 Å². The highest BCUT2D eigenvalue weighted by molar-refractivity contribution is 9.10. The van der Waals surface area contributed by atoms with Crippen LogP contribution >= 0.6 is 15.9 Å². The molecule has 2 aromatic heterocycles. The van der Waals surface area contributed by atoms with E-state index in [2.05, 4.69) is 50.6 Å². The van der Waals surface area contributed by atoms with Crippen LogP contribution in [0.4, 0.5) is 0 Å². The lowest BCUT2D eigenvalue weighted by molar-refractivity contribution is 0.702. The topological polar surface area (TPSA) is 56.7 Å². The van der Waals surface area contributed by atoms with E-state index in [4.69, 9.17) is 10.7 Å². The van der Waals surface area contributed by atoms with E-state index in [1.165, 1.54) is 0 Å². The molecule has 1 aromatic carbocycles. The third-order valence-electron chi connectivity index (χ3n) is 3.45. The summed E-state index contributed by atoms with van der Waals surface area (Å²) in [4.78, 5) is 9.24. The zero-order valence-electron chi connectivity index (χ0n) is 11.9. The van der Waals surface area contributed by atoms with E-state index < -0.39 is 0 Å². The predicted molar refractivity (Wildman–Crippen MR) is 88.8 cm³/mol. The number of rotatable bonds is 4. The molecule has 21 heavy (non-hydrogen) atoms. The number of nitrogens with two attached hydrogens (primary N) is 1. The third kappa shape index (κ3) is 2.71. The molecule has 5 heteroatoms. The zero-order valence-corrected chi connectivity index (χ0v) is 13.5. The van der Waals surface area contributed by atoms with Crippen LogP contribution in [0, 0.1) is 0 Å². The van der Waals surface area contributed by atoms with Crippen molar-refractivity contribution in [2.45, 2.75) is 26.4 Å². The molecule has 0 spiro atoms. The minimum Gasteiger partial charge on any atom is -0.326 e. The highest BCUT2D eigenvalue weighted by Crippen LogP contribution is 2.25. The number of hydrogen-bond acceptors (Lipinski definition) is 3. The third-order valence-corrected chi connectivity index (χ3v) is 3.92. The molecule has 0 bridgehead atoms. The van der Waals surface area contributed by atoms with Gasteiger partial charge >= 0.3 is 0 Å². The summed E-state index contributed by atoms with van der Waals surface area (Å²) in [7, 11) is 0. The fourth-order valence-electron chi connectivity index (χ4n) is 2.46. The summed E-state index contributed by atoms with van der Waals surface area (Å²) in [6.45, 7) is 3.62. The van der Waals surface area contributed by atoms with E-state index in [0.29, 0.717) is 6.54 Å². The average molecular weight is 345 g/mol. The summed E-state index contributed by atoms with van der Waals surface area (Å²) in [5, 5.41) is 0. The first-order valence-corrected chi connectivity index (χ1v) is 7.83. The molecule has 0 amide bonds. The van der Waals surface area contributed by atoms with Crippen LogP contribution in [0.15, 0.2) is 41.0 Å².